The van der Waals surface area contributed by atoms with Crippen molar-refractivity contribution in [2.45, 2.75) is 45.6 Å². The van der Waals surface area contributed by atoms with E-state index in [-0.39, 0.29) is 0 Å². The van der Waals surface area contributed by atoms with Crippen molar-refractivity contribution in [3.8, 4) is 0 Å². The number of piperazine rings is 1. The number of hydrogen-bond acceptors (Lipinski definition) is 2. The lowest BCUT2D eigenvalue weighted by Crippen LogP contribution is -2.46. The van der Waals surface area contributed by atoms with Crippen LogP contribution in [0.3, 0.4) is 0 Å². The molecular weight excluding hydrogens is 244 g/mol. The molecule has 2 heteroatoms. The molecule has 0 amide bonds. The Kier molecular flexibility index (Phi) is 4.42. The molecule has 0 radical (unpaired) electrons. The molecule has 1 heterocycles. The van der Waals surface area contributed by atoms with Gasteiger partial charge in [-0.05, 0) is 43.7 Å². The van der Waals surface area contributed by atoms with Gasteiger partial charge in [-0.25, -0.2) is 0 Å². The zero-order valence-corrected chi connectivity index (χ0v) is 13.0. The molecule has 1 saturated heterocycles. The number of rotatable bonds is 3. The summed E-state index contributed by atoms with van der Waals surface area (Å²) < 4.78 is 0. The van der Waals surface area contributed by atoms with Crippen molar-refractivity contribution < 1.29 is 0 Å². The fourth-order valence-corrected chi connectivity index (χ4v) is 4.14. The summed E-state index contributed by atoms with van der Waals surface area (Å²) in [5.41, 5.74) is 4.46. The van der Waals surface area contributed by atoms with Crippen molar-refractivity contribution in [3.05, 3.63) is 34.9 Å². The summed E-state index contributed by atoms with van der Waals surface area (Å²) in [6.07, 6.45) is 5.69. The number of aryl methyl sites for hydroxylation is 2. The largest absolute Gasteiger partial charge is 0.314 e. The molecule has 1 atom stereocenters. The third-order valence-corrected chi connectivity index (χ3v) is 5.14. The van der Waals surface area contributed by atoms with Crippen molar-refractivity contribution in [1.82, 2.24) is 10.2 Å². The summed E-state index contributed by atoms with van der Waals surface area (Å²) in [6.45, 7) is 9.20. The van der Waals surface area contributed by atoms with Crippen molar-refractivity contribution >= 4 is 0 Å². The Labute approximate surface area is 123 Å². The molecule has 1 aromatic carbocycles. The molecule has 3 rings (SSSR count). The van der Waals surface area contributed by atoms with E-state index in [1.807, 2.05) is 0 Å². The van der Waals surface area contributed by atoms with E-state index in [0.29, 0.717) is 6.04 Å². The van der Waals surface area contributed by atoms with Gasteiger partial charge in [-0.3, -0.25) is 4.90 Å². The highest BCUT2D eigenvalue weighted by Crippen LogP contribution is 2.40. The van der Waals surface area contributed by atoms with Crippen LogP contribution in [0.4, 0.5) is 0 Å². The molecule has 0 unspecified atom stereocenters. The minimum absolute atomic E-state index is 0.653. The van der Waals surface area contributed by atoms with E-state index in [1.165, 1.54) is 49.9 Å². The van der Waals surface area contributed by atoms with Crippen LogP contribution in [0.15, 0.2) is 18.2 Å². The molecule has 2 aliphatic rings. The van der Waals surface area contributed by atoms with Crippen molar-refractivity contribution in [1.29, 1.82) is 0 Å². The van der Waals surface area contributed by atoms with Crippen LogP contribution in [-0.2, 0) is 0 Å². The molecule has 1 N–H and O–H groups in total. The maximum Gasteiger partial charge on any atom is 0.0379 e. The van der Waals surface area contributed by atoms with Crippen LogP contribution >= 0.6 is 0 Å². The Morgan fingerprint density at radius 1 is 1.10 bits per heavy atom. The van der Waals surface area contributed by atoms with Gasteiger partial charge in [-0.2, -0.15) is 0 Å². The minimum Gasteiger partial charge on any atom is -0.314 e. The fraction of sp³-hybridized carbons (Fsp3) is 0.667. The highest BCUT2D eigenvalue weighted by molar-refractivity contribution is 5.33. The van der Waals surface area contributed by atoms with Crippen LogP contribution in [0.2, 0.25) is 0 Å². The SMILES string of the molecule is Cc1ccc([C@@H](C2CCCC2)N2CCNCC2)c(C)c1. The van der Waals surface area contributed by atoms with E-state index in [4.69, 9.17) is 0 Å². The molecule has 0 aromatic heterocycles. The van der Waals surface area contributed by atoms with Gasteiger partial charge in [0.25, 0.3) is 0 Å². The summed E-state index contributed by atoms with van der Waals surface area (Å²) in [5, 5.41) is 3.49. The third kappa shape index (κ3) is 2.91. The van der Waals surface area contributed by atoms with E-state index < -0.39 is 0 Å². The normalized spacial score (nSPS) is 23.1. The maximum absolute atomic E-state index is 3.49. The summed E-state index contributed by atoms with van der Waals surface area (Å²) in [7, 11) is 0. The van der Waals surface area contributed by atoms with Crippen molar-refractivity contribution in [3.63, 3.8) is 0 Å². The van der Waals surface area contributed by atoms with Gasteiger partial charge in [-0.1, -0.05) is 36.6 Å². The van der Waals surface area contributed by atoms with Crippen molar-refractivity contribution in [2.75, 3.05) is 26.2 Å². The highest BCUT2D eigenvalue weighted by Gasteiger charge is 2.32. The van der Waals surface area contributed by atoms with Crippen LogP contribution in [-0.4, -0.2) is 31.1 Å². The monoisotopic (exact) mass is 272 g/mol. The second kappa shape index (κ2) is 6.28. The Morgan fingerprint density at radius 3 is 2.45 bits per heavy atom. The quantitative estimate of drug-likeness (QED) is 0.907. The minimum atomic E-state index is 0.653. The molecule has 0 bridgehead atoms. The van der Waals surface area contributed by atoms with Crippen LogP contribution in [0.1, 0.15) is 48.4 Å². The molecule has 2 fully saturated rings. The predicted octanol–water partition coefficient (Wildman–Crippen LogP) is 3.44. The lowest BCUT2D eigenvalue weighted by atomic mass is 9.87. The lowest BCUT2D eigenvalue weighted by molar-refractivity contribution is 0.125. The third-order valence-electron chi connectivity index (χ3n) is 5.14. The van der Waals surface area contributed by atoms with Gasteiger partial charge in [0.2, 0.25) is 0 Å². The van der Waals surface area contributed by atoms with Crippen LogP contribution in [0, 0.1) is 19.8 Å². The van der Waals surface area contributed by atoms with Gasteiger partial charge in [0.15, 0.2) is 0 Å². The van der Waals surface area contributed by atoms with Gasteiger partial charge in [0, 0.05) is 32.2 Å². The molecule has 1 saturated carbocycles. The first-order chi connectivity index (χ1) is 9.75. The summed E-state index contributed by atoms with van der Waals surface area (Å²) in [4.78, 5) is 2.74. The Bertz CT molecular complexity index is 443. The molecule has 2 nitrogen and oxygen atoms in total. The number of benzene rings is 1. The molecule has 1 aliphatic heterocycles. The van der Waals surface area contributed by atoms with Crippen LogP contribution in [0.5, 0.6) is 0 Å². The van der Waals surface area contributed by atoms with Gasteiger partial charge in [0.1, 0.15) is 0 Å². The van der Waals surface area contributed by atoms with E-state index in [1.54, 1.807) is 5.56 Å². The van der Waals surface area contributed by atoms with Crippen molar-refractivity contribution in [2.24, 2.45) is 5.92 Å². The lowest BCUT2D eigenvalue weighted by Gasteiger charge is -2.39. The first kappa shape index (κ1) is 14.1. The average molecular weight is 272 g/mol. The summed E-state index contributed by atoms with van der Waals surface area (Å²) >= 11 is 0. The highest BCUT2D eigenvalue weighted by atomic mass is 15.2. The summed E-state index contributed by atoms with van der Waals surface area (Å²) in [6, 6.07) is 7.71. The van der Waals surface area contributed by atoms with Gasteiger partial charge in [0.05, 0.1) is 0 Å². The molecular formula is C18H28N2. The first-order valence-electron chi connectivity index (χ1n) is 8.27. The maximum atomic E-state index is 3.49. The number of hydrogen-bond donors (Lipinski definition) is 1. The van der Waals surface area contributed by atoms with E-state index in [0.717, 1.165) is 19.0 Å². The summed E-state index contributed by atoms with van der Waals surface area (Å²) in [5.74, 6) is 0.870. The number of nitrogens with one attached hydrogen (secondary N) is 1. The van der Waals surface area contributed by atoms with Gasteiger partial charge < -0.3 is 5.32 Å². The molecule has 20 heavy (non-hydrogen) atoms. The topological polar surface area (TPSA) is 15.3 Å². The van der Waals surface area contributed by atoms with E-state index >= 15 is 0 Å². The van der Waals surface area contributed by atoms with Crippen LogP contribution < -0.4 is 5.32 Å². The molecule has 1 aliphatic carbocycles. The molecule has 0 spiro atoms. The van der Waals surface area contributed by atoms with E-state index in [2.05, 4.69) is 42.3 Å². The smallest absolute Gasteiger partial charge is 0.0379 e. The Morgan fingerprint density at radius 2 is 1.80 bits per heavy atom. The molecule has 110 valence electrons. The second-order valence-electron chi connectivity index (χ2n) is 6.64. The predicted molar refractivity (Wildman–Crippen MR) is 85.1 cm³/mol. The first-order valence-corrected chi connectivity index (χ1v) is 8.27. The Hall–Kier alpha value is -0.860. The van der Waals surface area contributed by atoms with Gasteiger partial charge in [-0.15, -0.1) is 0 Å². The van der Waals surface area contributed by atoms with E-state index in [9.17, 15) is 0 Å². The zero-order valence-electron chi connectivity index (χ0n) is 13.0. The standard InChI is InChI=1S/C18H28N2/c1-14-7-8-17(15(2)13-14)18(16-5-3-4-6-16)20-11-9-19-10-12-20/h7-8,13,16,18-19H,3-6,9-12H2,1-2H3/t18-/m1/s1. The average Bonchev–Trinajstić information content (AvgIpc) is 2.97. The Balaban J connectivity index is 1.90. The molecule has 1 aromatic rings. The van der Waals surface area contributed by atoms with Crippen LogP contribution in [0.25, 0.3) is 0 Å². The zero-order chi connectivity index (χ0) is 13.9. The van der Waals surface area contributed by atoms with Gasteiger partial charge >= 0.3 is 0 Å². The second-order valence-corrected chi connectivity index (χ2v) is 6.64. The fourth-order valence-electron chi connectivity index (χ4n) is 4.14. The number of nitrogens with zero attached hydrogens (tertiary/aromatic N) is 1.